The van der Waals surface area contributed by atoms with Crippen molar-refractivity contribution in [3.63, 3.8) is 0 Å². The molecule has 0 N–H and O–H groups in total. The maximum Gasteiger partial charge on any atom is 0.113 e. The van der Waals surface area contributed by atoms with Crippen molar-refractivity contribution < 1.29 is 0 Å². The highest BCUT2D eigenvalue weighted by atomic mass is 28.3. The van der Waals surface area contributed by atoms with Gasteiger partial charge in [-0.1, -0.05) is 207 Å². The summed E-state index contributed by atoms with van der Waals surface area (Å²) in [5.74, 6) is 0. The Bertz CT molecular complexity index is 2970. The van der Waals surface area contributed by atoms with Gasteiger partial charge in [0.05, 0.1) is 11.1 Å². The lowest BCUT2D eigenvalue weighted by molar-refractivity contribution is 0.768. The number of benzene rings is 9. The number of hydrogen-bond acceptors (Lipinski definition) is 1. The summed E-state index contributed by atoms with van der Waals surface area (Å²) in [6, 6.07) is 83.4. The first-order chi connectivity index (χ1) is 29.0. The summed E-state index contributed by atoms with van der Waals surface area (Å²) >= 11 is 0. The second kappa shape index (κ2) is 13.8. The first kappa shape index (κ1) is 35.2. The third kappa shape index (κ3) is 5.44. The third-order valence-corrected chi connectivity index (χ3v) is 16.5. The topological polar surface area (TPSA) is 3.24 Å². The molecular formula is C57H43NSi. The Kier molecular flexibility index (Phi) is 8.25. The highest BCUT2D eigenvalue weighted by molar-refractivity contribution is 7.04. The van der Waals surface area contributed by atoms with Crippen molar-refractivity contribution in [3.8, 4) is 44.5 Å². The lowest BCUT2D eigenvalue weighted by Crippen LogP contribution is -2.49. The fourth-order valence-electron chi connectivity index (χ4n) is 10.2. The molecule has 0 aromatic heterocycles. The van der Waals surface area contributed by atoms with Gasteiger partial charge in [0.25, 0.3) is 0 Å². The Labute approximate surface area is 348 Å². The van der Waals surface area contributed by atoms with Gasteiger partial charge in [-0.2, -0.15) is 0 Å². The molecule has 0 fully saturated rings. The van der Waals surface area contributed by atoms with Crippen LogP contribution in [0.3, 0.4) is 0 Å². The van der Waals surface area contributed by atoms with Gasteiger partial charge >= 0.3 is 0 Å². The molecule has 0 atom stereocenters. The zero-order chi connectivity index (χ0) is 39.6. The highest BCUT2D eigenvalue weighted by Gasteiger charge is 2.47. The standard InChI is InChI=1S/C57H43NSi/c1-59(2)54-38-43(41-21-9-4-10-22-41)33-35-48(54)49-36-34-47(39-55(49)59)58(46-28-17-23-42(37-46)40-19-7-3-8-20-40)53-32-18-31-52-56(53)50-29-15-16-30-51(50)57(52,44-24-11-5-12-25-44)45-26-13-6-14-27-45/h3-39H,1-2H3. The van der Waals surface area contributed by atoms with E-state index in [1.807, 2.05) is 0 Å². The second-order valence-electron chi connectivity index (χ2n) is 16.5. The van der Waals surface area contributed by atoms with Crippen LogP contribution in [-0.4, -0.2) is 8.07 Å². The van der Waals surface area contributed by atoms with E-state index in [-0.39, 0.29) is 0 Å². The molecule has 2 aliphatic rings. The van der Waals surface area contributed by atoms with E-state index >= 15 is 0 Å². The summed E-state index contributed by atoms with van der Waals surface area (Å²) in [6.45, 7) is 5.06. The molecule has 0 saturated carbocycles. The van der Waals surface area contributed by atoms with Gasteiger partial charge in [0, 0.05) is 16.9 Å². The van der Waals surface area contributed by atoms with Gasteiger partial charge in [-0.05, 0) is 102 Å². The Morgan fingerprint density at radius 1 is 0.356 bits per heavy atom. The third-order valence-electron chi connectivity index (χ3n) is 12.9. The fraction of sp³-hybridized carbons (Fsp3) is 0.0526. The molecule has 0 radical (unpaired) electrons. The monoisotopic (exact) mass is 769 g/mol. The molecule has 0 amide bonds. The largest absolute Gasteiger partial charge is 0.310 e. The molecule has 9 aromatic carbocycles. The van der Waals surface area contributed by atoms with Gasteiger partial charge < -0.3 is 4.90 Å². The number of anilines is 3. The zero-order valence-corrected chi connectivity index (χ0v) is 34.3. The summed E-state index contributed by atoms with van der Waals surface area (Å²) in [7, 11) is -2.10. The summed E-state index contributed by atoms with van der Waals surface area (Å²) in [6.07, 6.45) is 0. The fourth-order valence-corrected chi connectivity index (χ4v) is 13.3. The predicted molar refractivity (Wildman–Crippen MR) is 251 cm³/mol. The second-order valence-corrected chi connectivity index (χ2v) is 20.8. The van der Waals surface area contributed by atoms with Crippen LogP contribution in [0.5, 0.6) is 0 Å². The van der Waals surface area contributed by atoms with E-state index in [0.29, 0.717) is 0 Å². The minimum atomic E-state index is -2.10. The Hall–Kier alpha value is -7.00. The van der Waals surface area contributed by atoms with Crippen LogP contribution >= 0.6 is 0 Å². The average Bonchev–Trinajstić information content (AvgIpc) is 3.73. The first-order valence-corrected chi connectivity index (χ1v) is 23.7. The Morgan fingerprint density at radius 3 is 1.51 bits per heavy atom. The van der Waals surface area contributed by atoms with Gasteiger partial charge in [-0.3, -0.25) is 0 Å². The van der Waals surface area contributed by atoms with Gasteiger partial charge in [-0.25, -0.2) is 0 Å². The number of fused-ring (bicyclic) bond motifs is 6. The first-order valence-electron chi connectivity index (χ1n) is 20.7. The van der Waals surface area contributed by atoms with Crippen LogP contribution in [0.25, 0.3) is 44.5 Å². The maximum absolute atomic E-state index is 2.54. The van der Waals surface area contributed by atoms with E-state index in [1.165, 1.54) is 88.5 Å². The summed E-state index contributed by atoms with van der Waals surface area (Å²) in [5, 5.41) is 2.99. The van der Waals surface area contributed by atoms with Gasteiger partial charge in [0.2, 0.25) is 0 Å². The maximum atomic E-state index is 2.54. The lowest BCUT2D eigenvalue weighted by atomic mass is 9.68. The molecule has 0 bridgehead atoms. The Balaban J connectivity index is 1.16. The highest BCUT2D eigenvalue weighted by Crippen LogP contribution is 2.59. The molecule has 1 aliphatic carbocycles. The molecular weight excluding hydrogens is 727 g/mol. The van der Waals surface area contributed by atoms with Crippen LogP contribution in [0.4, 0.5) is 17.1 Å². The number of hydrogen-bond donors (Lipinski definition) is 0. The molecule has 59 heavy (non-hydrogen) atoms. The minimum Gasteiger partial charge on any atom is -0.310 e. The van der Waals surface area contributed by atoms with Crippen LogP contribution in [0, 0.1) is 0 Å². The van der Waals surface area contributed by atoms with Crippen molar-refractivity contribution in [3.05, 3.63) is 247 Å². The van der Waals surface area contributed by atoms with E-state index in [2.05, 4.69) is 242 Å². The van der Waals surface area contributed by atoms with E-state index in [0.717, 1.165) is 5.69 Å². The van der Waals surface area contributed by atoms with Crippen LogP contribution < -0.4 is 15.3 Å². The molecule has 1 heterocycles. The van der Waals surface area contributed by atoms with Gasteiger partial charge in [0.1, 0.15) is 8.07 Å². The van der Waals surface area contributed by atoms with E-state index in [9.17, 15) is 0 Å². The van der Waals surface area contributed by atoms with Crippen LogP contribution in [0.15, 0.2) is 224 Å². The van der Waals surface area contributed by atoms with Crippen molar-refractivity contribution >= 4 is 35.5 Å². The van der Waals surface area contributed by atoms with Gasteiger partial charge in [-0.15, -0.1) is 0 Å². The molecule has 11 rings (SSSR count). The molecule has 2 heteroatoms. The quantitative estimate of drug-likeness (QED) is 0.146. The van der Waals surface area contributed by atoms with Crippen molar-refractivity contribution in [2.75, 3.05) is 4.90 Å². The molecule has 1 aliphatic heterocycles. The minimum absolute atomic E-state index is 0.493. The predicted octanol–water partition coefficient (Wildman–Crippen LogP) is 13.7. The summed E-state index contributed by atoms with van der Waals surface area (Å²) in [4.78, 5) is 2.54. The summed E-state index contributed by atoms with van der Waals surface area (Å²) in [5.41, 5.74) is 18.4. The Morgan fingerprint density at radius 2 is 0.847 bits per heavy atom. The van der Waals surface area contributed by atoms with Crippen LogP contribution in [0.2, 0.25) is 13.1 Å². The van der Waals surface area contributed by atoms with Crippen molar-refractivity contribution in [1.29, 1.82) is 0 Å². The van der Waals surface area contributed by atoms with Crippen molar-refractivity contribution in [2.45, 2.75) is 18.5 Å². The van der Waals surface area contributed by atoms with Crippen LogP contribution in [0.1, 0.15) is 22.3 Å². The molecule has 0 saturated heterocycles. The van der Waals surface area contributed by atoms with E-state index in [1.54, 1.807) is 0 Å². The van der Waals surface area contributed by atoms with Crippen LogP contribution in [-0.2, 0) is 5.41 Å². The van der Waals surface area contributed by atoms with Crippen molar-refractivity contribution in [2.24, 2.45) is 0 Å². The molecule has 0 unspecified atom stereocenters. The average molecular weight is 770 g/mol. The molecule has 1 nitrogen and oxygen atoms in total. The van der Waals surface area contributed by atoms with E-state index < -0.39 is 13.5 Å². The van der Waals surface area contributed by atoms with E-state index in [4.69, 9.17) is 0 Å². The number of nitrogens with zero attached hydrogens (tertiary/aromatic N) is 1. The smallest absolute Gasteiger partial charge is 0.113 e. The summed E-state index contributed by atoms with van der Waals surface area (Å²) < 4.78 is 0. The zero-order valence-electron chi connectivity index (χ0n) is 33.3. The van der Waals surface area contributed by atoms with Gasteiger partial charge in [0.15, 0.2) is 0 Å². The van der Waals surface area contributed by atoms with Crippen molar-refractivity contribution in [1.82, 2.24) is 0 Å². The molecule has 0 spiro atoms. The normalized spacial score (nSPS) is 13.9. The molecule has 9 aromatic rings. The molecule has 280 valence electrons. The number of rotatable bonds is 7. The lowest BCUT2D eigenvalue weighted by Gasteiger charge is -2.34. The SMILES string of the molecule is C[Si]1(C)c2cc(-c3ccccc3)ccc2-c2ccc(N(c3cccc(-c4ccccc4)c3)c3cccc4c3-c3ccccc3C4(c3ccccc3)c3ccccc3)cc21.